The Balaban J connectivity index is 2.47. The first kappa shape index (κ1) is 13.4. The van der Waals surface area contributed by atoms with Crippen molar-refractivity contribution in [3.63, 3.8) is 0 Å². The molecule has 3 nitrogen and oxygen atoms in total. The molecular weight excluding hydrogens is 263 g/mol. The van der Waals surface area contributed by atoms with Crippen molar-refractivity contribution in [2.24, 2.45) is 5.73 Å². The Labute approximate surface area is 115 Å². The number of hydrogen-bond acceptors (Lipinski definition) is 2. The maximum Gasteiger partial charge on any atom is 0.253 e. The second kappa shape index (κ2) is 5.32. The van der Waals surface area contributed by atoms with E-state index in [1.807, 2.05) is 0 Å². The van der Waals surface area contributed by atoms with Gasteiger partial charge in [0.05, 0.1) is 6.54 Å². The van der Waals surface area contributed by atoms with Crippen molar-refractivity contribution in [2.45, 2.75) is 13.5 Å². The van der Waals surface area contributed by atoms with Crippen LogP contribution >= 0.6 is 12.2 Å². The predicted octanol–water partition coefficient (Wildman–Crippen LogP) is 1.98. The molecule has 19 heavy (non-hydrogen) atoms. The van der Waals surface area contributed by atoms with E-state index in [9.17, 15) is 9.18 Å². The number of halogens is 1. The minimum absolute atomic E-state index is 0.0827. The lowest BCUT2D eigenvalue weighted by Gasteiger charge is -2.11. The molecule has 0 bridgehead atoms. The fraction of sp³-hybridized carbons (Fsp3) is 0.143. The average molecular weight is 276 g/mol. The SMILES string of the molecule is Cc1cccn(Cc2ccc(F)cc2C(N)=S)c1=O. The summed E-state index contributed by atoms with van der Waals surface area (Å²) >= 11 is 4.91. The standard InChI is InChI=1S/C14H13FN2OS/c1-9-3-2-6-17(14(9)18)8-10-4-5-11(15)7-12(10)13(16)19/h2-7H,8H2,1H3,(H2,16,19). The number of thiocarbonyl (C=S) groups is 1. The van der Waals surface area contributed by atoms with E-state index in [2.05, 4.69) is 0 Å². The fourth-order valence-corrected chi connectivity index (χ4v) is 2.07. The van der Waals surface area contributed by atoms with Crippen molar-refractivity contribution in [1.82, 2.24) is 4.57 Å². The van der Waals surface area contributed by atoms with Gasteiger partial charge in [0.15, 0.2) is 0 Å². The topological polar surface area (TPSA) is 48.0 Å². The second-order valence-electron chi connectivity index (χ2n) is 4.29. The van der Waals surface area contributed by atoms with E-state index in [0.29, 0.717) is 17.7 Å². The Morgan fingerprint density at radius 3 is 2.84 bits per heavy atom. The minimum atomic E-state index is -0.400. The summed E-state index contributed by atoms with van der Waals surface area (Å²) < 4.78 is 14.8. The molecule has 0 aliphatic carbocycles. The molecule has 0 saturated heterocycles. The van der Waals surface area contributed by atoms with Crippen molar-refractivity contribution < 1.29 is 4.39 Å². The highest BCUT2D eigenvalue weighted by Crippen LogP contribution is 2.12. The van der Waals surface area contributed by atoms with Crippen molar-refractivity contribution in [2.75, 3.05) is 0 Å². The molecule has 0 atom stereocenters. The zero-order valence-corrected chi connectivity index (χ0v) is 11.2. The molecule has 0 fully saturated rings. The molecule has 98 valence electrons. The zero-order chi connectivity index (χ0) is 14.0. The highest BCUT2D eigenvalue weighted by atomic mass is 32.1. The number of aromatic nitrogens is 1. The van der Waals surface area contributed by atoms with Crippen LogP contribution in [0.25, 0.3) is 0 Å². The van der Waals surface area contributed by atoms with Gasteiger partial charge in [-0.2, -0.15) is 0 Å². The summed E-state index contributed by atoms with van der Waals surface area (Å²) in [7, 11) is 0. The molecule has 0 aliphatic heterocycles. The van der Waals surface area contributed by atoms with Crippen LogP contribution in [0, 0.1) is 12.7 Å². The normalized spacial score (nSPS) is 10.4. The van der Waals surface area contributed by atoms with Crippen LogP contribution in [-0.2, 0) is 6.54 Å². The quantitative estimate of drug-likeness (QED) is 0.872. The number of pyridine rings is 1. The smallest absolute Gasteiger partial charge is 0.253 e. The minimum Gasteiger partial charge on any atom is -0.389 e. The van der Waals surface area contributed by atoms with E-state index in [4.69, 9.17) is 18.0 Å². The molecule has 2 aromatic rings. The first-order valence-electron chi connectivity index (χ1n) is 5.73. The van der Waals surface area contributed by atoms with Gasteiger partial charge in [-0.05, 0) is 30.7 Å². The number of benzene rings is 1. The molecule has 0 amide bonds. The van der Waals surface area contributed by atoms with Crippen LogP contribution in [-0.4, -0.2) is 9.56 Å². The summed E-state index contributed by atoms with van der Waals surface area (Å²) in [5.74, 6) is -0.400. The van der Waals surface area contributed by atoms with Gasteiger partial charge in [0, 0.05) is 17.3 Å². The Kier molecular flexibility index (Phi) is 3.76. The molecule has 1 aromatic heterocycles. The van der Waals surface area contributed by atoms with Crippen LogP contribution in [0.4, 0.5) is 4.39 Å². The summed E-state index contributed by atoms with van der Waals surface area (Å²) in [6.45, 7) is 2.06. The van der Waals surface area contributed by atoms with Gasteiger partial charge in [0.1, 0.15) is 10.8 Å². The summed E-state index contributed by atoms with van der Waals surface area (Å²) in [5.41, 5.74) is 7.34. The maximum absolute atomic E-state index is 13.2. The summed E-state index contributed by atoms with van der Waals surface area (Å²) in [4.78, 5) is 12.1. The molecular formula is C14H13FN2OS. The summed E-state index contributed by atoms with van der Waals surface area (Å²) in [6.07, 6.45) is 1.68. The molecule has 0 radical (unpaired) electrons. The summed E-state index contributed by atoms with van der Waals surface area (Å²) in [5, 5.41) is 0. The first-order chi connectivity index (χ1) is 8.99. The lowest BCUT2D eigenvalue weighted by molar-refractivity contribution is 0.625. The Hall–Kier alpha value is -2.01. The lowest BCUT2D eigenvalue weighted by atomic mass is 10.1. The van der Waals surface area contributed by atoms with Gasteiger partial charge in [-0.25, -0.2) is 4.39 Å². The van der Waals surface area contributed by atoms with Crippen LogP contribution in [0.3, 0.4) is 0 Å². The third-order valence-electron chi connectivity index (χ3n) is 2.89. The number of nitrogens with zero attached hydrogens (tertiary/aromatic N) is 1. The van der Waals surface area contributed by atoms with Gasteiger partial charge in [0.25, 0.3) is 5.56 Å². The van der Waals surface area contributed by atoms with E-state index in [1.165, 1.54) is 12.1 Å². The van der Waals surface area contributed by atoms with Gasteiger partial charge < -0.3 is 10.3 Å². The molecule has 2 N–H and O–H groups in total. The summed E-state index contributed by atoms with van der Waals surface area (Å²) in [6, 6.07) is 7.76. The van der Waals surface area contributed by atoms with E-state index in [0.717, 1.165) is 5.56 Å². The molecule has 0 saturated carbocycles. The van der Waals surface area contributed by atoms with E-state index >= 15 is 0 Å². The van der Waals surface area contributed by atoms with Crippen molar-refractivity contribution in [3.05, 3.63) is 69.4 Å². The van der Waals surface area contributed by atoms with Crippen molar-refractivity contribution >= 4 is 17.2 Å². The first-order valence-corrected chi connectivity index (χ1v) is 6.14. The number of rotatable bonds is 3. The number of hydrogen-bond donors (Lipinski definition) is 1. The number of aryl methyl sites for hydroxylation is 1. The maximum atomic E-state index is 13.2. The molecule has 1 aromatic carbocycles. The Morgan fingerprint density at radius 1 is 1.42 bits per heavy atom. The monoisotopic (exact) mass is 276 g/mol. The predicted molar refractivity (Wildman–Crippen MR) is 76.8 cm³/mol. The van der Waals surface area contributed by atoms with Crippen LogP contribution in [0.15, 0.2) is 41.3 Å². The Bertz CT molecular complexity index is 694. The number of nitrogens with two attached hydrogens (primary N) is 1. The Morgan fingerprint density at radius 2 is 2.16 bits per heavy atom. The van der Waals surface area contributed by atoms with E-state index in [1.54, 1.807) is 35.9 Å². The molecule has 0 aliphatic rings. The highest BCUT2D eigenvalue weighted by Gasteiger charge is 2.08. The van der Waals surface area contributed by atoms with Gasteiger partial charge in [-0.3, -0.25) is 4.79 Å². The highest BCUT2D eigenvalue weighted by molar-refractivity contribution is 7.80. The van der Waals surface area contributed by atoms with Crippen molar-refractivity contribution in [1.29, 1.82) is 0 Å². The van der Waals surface area contributed by atoms with Crippen LogP contribution in [0.1, 0.15) is 16.7 Å². The lowest BCUT2D eigenvalue weighted by Crippen LogP contribution is -2.23. The van der Waals surface area contributed by atoms with E-state index in [-0.39, 0.29) is 10.5 Å². The molecule has 0 spiro atoms. The van der Waals surface area contributed by atoms with Crippen molar-refractivity contribution in [3.8, 4) is 0 Å². The van der Waals surface area contributed by atoms with Crippen LogP contribution in [0.5, 0.6) is 0 Å². The van der Waals surface area contributed by atoms with E-state index < -0.39 is 5.82 Å². The molecule has 5 heteroatoms. The van der Waals surface area contributed by atoms with Gasteiger partial charge in [-0.1, -0.05) is 24.4 Å². The average Bonchev–Trinajstić information content (AvgIpc) is 2.36. The fourth-order valence-electron chi connectivity index (χ4n) is 1.88. The molecule has 1 heterocycles. The van der Waals surface area contributed by atoms with Gasteiger partial charge in [0.2, 0.25) is 0 Å². The molecule has 2 rings (SSSR count). The third-order valence-corrected chi connectivity index (χ3v) is 3.11. The largest absolute Gasteiger partial charge is 0.389 e. The third kappa shape index (κ3) is 2.88. The van der Waals surface area contributed by atoms with Crippen LogP contribution < -0.4 is 11.3 Å². The molecule has 0 unspecified atom stereocenters. The zero-order valence-electron chi connectivity index (χ0n) is 10.4. The van der Waals surface area contributed by atoms with Gasteiger partial charge >= 0.3 is 0 Å². The van der Waals surface area contributed by atoms with Gasteiger partial charge in [-0.15, -0.1) is 0 Å². The van der Waals surface area contributed by atoms with Crippen LogP contribution in [0.2, 0.25) is 0 Å². The second-order valence-corrected chi connectivity index (χ2v) is 4.73.